The fraction of sp³-hybridized carbons (Fsp3) is 0.250. The number of aromatic amines is 1. The Kier molecular flexibility index (Phi) is 8.24. The topological polar surface area (TPSA) is 147 Å². The number of H-pyrrole nitrogens is 1. The first-order valence-corrected chi connectivity index (χ1v) is 13.8. The van der Waals surface area contributed by atoms with Crippen molar-refractivity contribution in [2.75, 3.05) is 23.8 Å². The zero-order valence-corrected chi connectivity index (χ0v) is 23.5. The average Bonchev–Trinajstić information content (AvgIpc) is 2.96. The Labute approximate surface area is 242 Å². The molecule has 42 heavy (non-hydrogen) atoms. The van der Waals surface area contributed by atoms with Gasteiger partial charge in [-0.1, -0.05) is 43.3 Å². The van der Waals surface area contributed by atoms with Crippen molar-refractivity contribution >= 4 is 40.1 Å². The van der Waals surface area contributed by atoms with E-state index in [0.717, 1.165) is 22.1 Å². The molecule has 3 amide bonds. The number of aryl methyl sites for hydroxylation is 1. The van der Waals surface area contributed by atoms with Crippen LogP contribution in [0.5, 0.6) is 0 Å². The molecule has 0 spiro atoms. The molecule has 4 aromatic rings. The van der Waals surface area contributed by atoms with E-state index in [4.69, 9.17) is 10.5 Å². The Morgan fingerprint density at radius 2 is 1.90 bits per heavy atom. The molecule has 2 aliphatic rings. The molecule has 0 aliphatic carbocycles. The van der Waals surface area contributed by atoms with Crippen LogP contribution < -0.4 is 21.9 Å². The minimum Gasteiger partial charge on any atom is -0.449 e. The van der Waals surface area contributed by atoms with Crippen molar-refractivity contribution in [1.82, 2.24) is 9.88 Å². The van der Waals surface area contributed by atoms with Gasteiger partial charge in [-0.15, -0.1) is 0 Å². The Morgan fingerprint density at radius 1 is 1.07 bits per heavy atom. The Balaban J connectivity index is 1.60. The molecule has 10 nitrogen and oxygen atoms in total. The highest BCUT2D eigenvalue weighted by atomic mass is 16.5. The summed E-state index contributed by atoms with van der Waals surface area (Å²) in [6.45, 7) is 4.36. The van der Waals surface area contributed by atoms with E-state index in [9.17, 15) is 19.2 Å². The third-order valence-electron chi connectivity index (χ3n) is 7.44. The van der Waals surface area contributed by atoms with E-state index < -0.39 is 18.0 Å². The van der Waals surface area contributed by atoms with Crippen molar-refractivity contribution in [3.63, 3.8) is 0 Å². The van der Waals surface area contributed by atoms with Crippen LogP contribution in [-0.2, 0) is 20.9 Å². The summed E-state index contributed by atoms with van der Waals surface area (Å²) in [4.78, 5) is 55.4. The lowest BCUT2D eigenvalue weighted by Gasteiger charge is -2.29. The summed E-state index contributed by atoms with van der Waals surface area (Å²) in [6.07, 6.45) is 1.00. The van der Waals surface area contributed by atoms with Gasteiger partial charge in [-0.25, -0.2) is 4.79 Å². The van der Waals surface area contributed by atoms with Crippen LogP contribution >= 0.6 is 0 Å². The average molecular weight is 568 g/mol. The molecule has 3 heterocycles. The van der Waals surface area contributed by atoms with Crippen LogP contribution in [0, 0.1) is 6.92 Å². The lowest BCUT2D eigenvalue weighted by atomic mass is 9.92. The second-order valence-electron chi connectivity index (χ2n) is 10.6. The van der Waals surface area contributed by atoms with Crippen LogP contribution in [0.2, 0.25) is 0 Å². The molecule has 0 saturated heterocycles. The van der Waals surface area contributed by atoms with Crippen LogP contribution in [0.4, 0.5) is 16.2 Å². The molecule has 0 saturated carbocycles. The van der Waals surface area contributed by atoms with E-state index in [1.165, 1.54) is 0 Å². The molecule has 5 N–H and O–H groups in total. The second-order valence-corrected chi connectivity index (χ2v) is 10.6. The first-order chi connectivity index (χ1) is 20.2. The highest BCUT2D eigenvalue weighted by molar-refractivity contribution is 5.89. The summed E-state index contributed by atoms with van der Waals surface area (Å²) in [7, 11) is 0. The zero-order chi connectivity index (χ0) is 29.8. The van der Waals surface area contributed by atoms with Crippen LogP contribution in [0.1, 0.15) is 47.6 Å². The minimum atomic E-state index is -0.840. The fourth-order valence-corrected chi connectivity index (χ4v) is 5.27. The molecular formula is C32H33N5O5. The summed E-state index contributed by atoms with van der Waals surface area (Å²) < 4.78 is 5.50. The van der Waals surface area contributed by atoms with Gasteiger partial charge in [-0.3, -0.25) is 19.7 Å². The van der Waals surface area contributed by atoms with Crippen molar-refractivity contribution in [2.24, 2.45) is 5.73 Å². The summed E-state index contributed by atoms with van der Waals surface area (Å²) >= 11 is 0. The summed E-state index contributed by atoms with van der Waals surface area (Å²) in [5.41, 5.74) is 9.72. The summed E-state index contributed by atoms with van der Waals surface area (Å²) in [6, 6.07) is 19.2. The largest absolute Gasteiger partial charge is 0.449 e. The highest BCUT2D eigenvalue weighted by Gasteiger charge is 2.28. The van der Waals surface area contributed by atoms with Gasteiger partial charge in [0.05, 0.1) is 6.61 Å². The third kappa shape index (κ3) is 6.43. The Bertz CT molecular complexity index is 1720. The van der Waals surface area contributed by atoms with Crippen LogP contribution in [0.3, 0.4) is 0 Å². The molecule has 0 fully saturated rings. The molecular weight excluding hydrogens is 534 g/mol. The Morgan fingerprint density at radius 3 is 2.69 bits per heavy atom. The zero-order valence-electron chi connectivity index (χ0n) is 23.5. The van der Waals surface area contributed by atoms with Gasteiger partial charge in [0.15, 0.2) is 0 Å². The van der Waals surface area contributed by atoms with Gasteiger partial charge < -0.3 is 25.7 Å². The van der Waals surface area contributed by atoms with Crippen molar-refractivity contribution in [2.45, 2.75) is 38.8 Å². The van der Waals surface area contributed by atoms with E-state index in [1.54, 1.807) is 35.4 Å². The van der Waals surface area contributed by atoms with Gasteiger partial charge in [0, 0.05) is 48.4 Å². The van der Waals surface area contributed by atoms with E-state index in [0.29, 0.717) is 22.3 Å². The smallest absolute Gasteiger partial charge is 0.411 e. The number of nitrogens with one attached hydrogen (secondary N) is 3. The number of carbonyl (C=O) groups is 3. The maximum atomic E-state index is 14.4. The first kappa shape index (κ1) is 28.4. The number of fused-ring (bicyclic) bond motifs is 10. The van der Waals surface area contributed by atoms with Crippen molar-refractivity contribution in [3.05, 3.63) is 106 Å². The number of pyridine rings is 1. The SMILES string of the molecule is Cc1cc2ccc1[C@@H](C)COC(=O)Nc1cccc(c1)CN(CCC(N)=O)C(=O)[C@@H]2Nc1ccc2cc[nH]c(=O)c2c1. The van der Waals surface area contributed by atoms with Gasteiger partial charge in [0.25, 0.3) is 5.56 Å². The lowest BCUT2D eigenvalue weighted by molar-refractivity contribution is -0.133. The molecule has 0 radical (unpaired) electrons. The van der Waals surface area contributed by atoms with E-state index in [2.05, 4.69) is 15.6 Å². The summed E-state index contributed by atoms with van der Waals surface area (Å²) in [5.74, 6) is -0.894. The van der Waals surface area contributed by atoms with Gasteiger partial charge in [-0.2, -0.15) is 0 Å². The predicted molar refractivity (Wildman–Crippen MR) is 161 cm³/mol. The lowest BCUT2D eigenvalue weighted by Crippen LogP contribution is -2.39. The molecule has 3 aromatic carbocycles. The van der Waals surface area contributed by atoms with Crippen molar-refractivity contribution in [1.29, 1.82) is 0 Å². The van der Waals surface area contributed by atoms with E-state index in [1.807, 2.05) is 56.3 Å². The monoisotopic (exact) mass is 567 g/mol. The molecule has 2 atom stereocenters. The number of hydrogen-bond donors (Lipinski definition) is 4. The number of hydrogen-bond acceptors (Lipinski definition) is 6. The molecule has 1 aromatic heterocycles. The quantitative estimate of drug-likeness (QED) is 0.278. The van der Waals surface area contributed by atoms with Crippen LogP contribution in [-0.4, -0.2) is 40.9 Å². The normalized spacial score (nSPS) is 17.5. The van der Waals surface area contributed by atoms with Crippen LogP contribution in [0.25, 0.3) is 10.8 Å². The number of rotatable bonds is 5. The summed E-state index contributed by atoms with van der Waals surface area (Å²) in [5, 5.41) is 7.38. The predicted octanol–water partition coefficient (Wildman–Crippen LogP) is 4.56. The number of carbonyl (C=O) groups excluding carboxylic acids is 3. The van der Waals surface area contributed by atoms with Gasteiger partial charge in [0.2, 0.25) is 11.8 Å². The minimum absolute atomic E-state index is 0.0242. The molecule has 0 unspecified atom stereocenters. The highest BCUT2D eigenvalue weighted by Crippen LogP contribution is 2.29. The number of primary amides is 1. The van der Waals surface area contributed by atoms with Crippen LogP contribution in [0.15, 0.2) is 77.7 Å². The number of benzene rings is 3. The second kappa shape index (κ2) is 12.2. The van der Waals surface area contributed by atoms with E-state index >= 15 is 0 Å². The molecule has 2 aliphatic heterocycles. The number of nitrogens with zero attached hydrogens (tertiary/aromatic N) is 1. The molecule has 6 rings (SSSR count). The Hall–Kier alpha value is -5.12. The third-order valence-corrected chi connectivity index (χ3v) is 7.44. The molecule has 4 bridgehead atoms. The number of amides is 3. The number of nitrogens with two attached hydrogens (primary N) is 1. The maximum Gasteiger partial charge on any atom is 0.411 e. The van der Waals surface area contributed by atoms with Crippen molar-refractivity contribution in [3.8, 4) is 0 Å². The molecule has 216 valence electrons. The standard InChI is InChI=1S/C32H33N5O5/c1-19-14-23-7-9-26(19)20(2)18-42-32(41)36-24-5-3-4-21(15-24)17-37(13-11-28(33)38)31(40)29(23)35-25-8-6-22-10-12-34-30(39)27(22)16-25/h3-10,12,14-16,20,29,35H,11,13,17-18H2,1-2H3,(H2,33,38)(H,34,39)(H,36,41)/t20-,29+/m0/s1. The van der Waals surface area contributed by atoms with Gasteiger partial charge >= 0.3 is 6.09 Å². The first-order valence-electron chi connectivity index (χ1n) is 13.8. The van der Waals surface area contributed by atoms with Gasteiger partial charge in [0.1, 0.15) is 6.04 Å². The van der Waals surface area contributed by atoms with Gasteiger partial charge in [-0.05, 0) is 64.9 Å². The number of anilines is 2. The number of aromatic nitrogens is 1. The maximum absolute atomic E-state index is 14.4. The van der Waals surface area contributed by atoms with E-state index in [-0.39, 0.29) is 43.5 Å². The van der Waals surface area contributed by atoms with Crippen molar-refractivity contribution < 1.29 is 19.1 Å². The number of ether oxygens (including phenoxy) is 1. The molecule has 10 heteroatoms. The fourth-order valence-electron chi connectivity index (χ4n) is 5.27.